The van der Waals surface area contributed by atoms with Crippen LogP contribution in [0.1, 0.15) is 33.1 Å². The number of likely N-dealkylation sites (tertiary alicyclic amines) is 1. The van der Waals surface area contributed by atoms with E-state index in [1.807, 2.05) is 24.3 Å². The molecular formula is C18H29NO2S. The fourth-order valence-electron chi connectivity index (χ4n) is 2.87. The lowest BCUT2D eigenvalue weighted by atomic mass is 9.98. The summed E-state index contributed by atoms with van der Waals surface area (Å²) in [7, 11) is -0.919. The Balaban J connectivity index is 1.77. The molecule has 1 aliphatic rings. The molecule has 0 amide bonds. The van der Waals surface area contributed by atoms with Crippen LogP contribution in [0.2, 0.25) is 0 Å². The Morgan fingerprint density at radius 2 is 2.05 bits per heavy atom. The predicted octanol–water partition coefficient (Wildman–Crippen LogP) is 3.56. The predicted molar refractivity (Wildman–Crippen MR) is 92.9 cm³/mol. The van der Waals surface area contributed by atoms with Crippen molar-refractivity contribution in [3.8, 4) is 5.75 Å². The van der Waals surface area contributed by atoms with E-state index in [0.717, 1.165) is 29.7 Å². The van der Waals surface area contributed by atoms with Crippen molar-refractivity contribution in [1.82, 2.24) is 4.90 Å². The van der Waals surface area contributed by atoms with Crippen LogP contribution in [0, 0.1) is 11.8 Å². The van der Waals surface area contributed by atoms with Crippen LogP contribution in [0.3, 0.4) is 0 Å². The van der Waals surface area contributed by atoms with Crippen molar-refractivity contribution in [3.63, 3.8) is 0 Å². The van der Waals surface area contributed by atoms with Crippen molar-refractivity contribution < 1.29 is 8.95 Å². The Morgan fingerprint density at radius 1 is 1.32 bits per heavy atom. The van der Waals surface area contributed by atoms with Crippen molar-refractivity contribution >= 4 is 10.8 Å². The maximum absolute atomic E-state index is 11.4. The first kappa shape index (κ1) is 17.5. The third-order valence-corrected chi connectivity index (χ3v) is 5.20. The molecule has 0 bridgehead atoms. The highest BCUT2D eigenvalue weighted by Crippen LogP contribution is 2.20. The van der Waals surface area contributed by atoms with Gasteiger partial charge in [-0.15, -0.1) is 0 Å². The minimum Gasteiger partial charge on any atom is -0.493 e. The number of piperidine rings is 1. The van der Waals surface area contributed by atoms with Crippen molar-refractivity contribution in [2.75, 3.05) is 32.5 Å². The first-order valence-corrected chi connectivity index (χ1v) is 9.89. The summed E-state index contributed by atoms with van der Waals surface area (Å²) >= 11 is 0. The minimum absolute atomic E-state index is 0.626. The van der Waals surface area contributed by atoms with Crippen molar-refractivity contribution in [3.05, 3.63) is 24.3 Å². The van der Waals surface area contributed by atoms with Crippen LogP contribution < -0.4 is 4.74 Å². The monoisotopic (exact) mass is 323 g/mol. The fraction of sp³-hybridized carbons (Fsp3) is 0.667. The van der Waals surface area contributed by atoms with Gasteiger partial charge in [0.25, 0.3) is 0 Å². The van der Waals surface area contributed by atoms with Gasteiger partial charge in [0.2, 0.25) is 0 Å². The smallest absolute Gasteiger partial charge is 0.119 e. The van der Waals surface area contributed by atoms with Gasteiger partial charge < -0.3 is 9.64 Å². The second-order valence-electron chi connectivity index (χ2n) is 6.73. The molecule has 1 aliphatic heterocycles. The molecule has 124 valence electrons. The molecule has 2 atom stereocenters. The Morgan fingerprint density at radius 3 is 2.68 bits per heavy atom. The zero-order chi connectivity index (χ0) is 15.9. The standard InChI is InChI=1S/C18H29NO2S/c1-15(2)10-12-19-11-4-5-16(13-19)14-21-17-6-8-18(9-7-17)22(3)20/h6-9,15-16H,4-5,10-14H2,1-3H3. The van der Waals surface area contributed by atoms with Gasteiger partial charge in [-0.2, -0.15) is 0 Å². The average Bonchev–Trinajstić information content (AvgIpc) is 2.52. The molecule has 0 spiro atoms. The van der Waals surface area contributed by atoms with E-state index >= 15 is 0 Å². The third-order valence-electron chi connectivity index (χ3n) is 4.27. The first-order valence-electron chi connectivity index (χ1n) is 8.33. The van der Waals surface area contributed by atoms with Gasteiger partial charge in [0.1, 0.15) is 5.75 Å². The molecule has 0 aromatic heterocycles. The number of rotatable bonds is 7. The summed E-state index contributed by atoms with van der Waals surface area (Å²) in [5, 5.41) is 0. The van der Waals surface area contributed by atoms with E-state index in [9.17, 15) is 4.21 Å². The summed E-state index contributed by atoms with van der Waals surface area (Å²) in [5.41, 5.74) is 0. The van der Waals surface area contributed by atoms with Gasteiger partial charge in [0, 0.05) is 34.4 Å². The molecule has 22 heavy (non-hydrogen) atoms. The summed E-state index contributed by atoms with van der Waals surface area (Å²) < 4.78 is 17.3. The van der Waals surface area contributed by atoms with E-state index in [1.54, 1.807) is 6.26 Å². The Labute approximate surface area is 137 Å². The zero-order valence-corrected chi connectivity index (χ0v) is 14.9. The van der Waals surface area contributed by atoms with Crippen molar-refractivity contribution in [2.45, 2.75) is 38.0 Å². The Kier molecular flexibility index (Phi) is 6.90. The third kappa shape index (κ3) is 5.73. The van der Waals surface area contributed by atoms with Crippen LogP contribution in [0.25, 0.3) is 0 Å². The summed E-state index contributed by atoms with van der Waals surface area (Å²) in [6, 6.07) is 7.63. The molecule has 0 aliphatic carbocycles. The zero-order valence-electron chi connectivity index (χ0n) is 14.1. The Hall–Kier alpha value is -0.870. The van der Waals surface area contributed by atoms with Gasteiger partial charge in [-0.05, 0) is 62.5 Å². The second kappa shape index (κ2) is 8.68. The molecule has 1 fully saturated rings. The van der Waals surface area contributed by atoms with Crippen LogP contribution in [0.15, 0.2) is 29.2 Å². The maximum Gasteiger partial charge on any atom is 0.119 e. The number of hydrogen-bond donors (Lipinski definition) is 0. The van der Waals surface area contributed by atoms with Crippen LogP contribution >= 0.6 is 0 Å². The highest BCUT2D eigenvalue weighted by atomic mass is 32.2. The molecule has 1 aromatic carbocycles. The SMILES string of the molecule is CC(C)CCN1CCCC(COc2ccc(S(C)=O)cc2)C1. The van der Waals surface area contributed by atoms with Crippen molar-refractivity contribution in [1.29, 1.82) is 0 Å². The van der Waals surface area contributed by atoms with Gasteiger partial charge in [0.05, 0.1) is 6.61 Å². The summed E-state index contributed by atoms with van der Waals surface area (Å²) in [5.74, 6) is 2.29. The molecule has 0 saturated carbocycles. The molecule has 1 saturated heterocycles. The summed E-state index contributed by atoms with van der Waals surface area (Å²) in [6.07, 6.45) is 5.52. The van der Waals surface area contributed by atoms with E-state index < -0.39 is 10.8 Å². The van der Waals surface area contributed by atoms with E-state index in [2.05, 4.69) is 18.7 Å². The van der Waals surface area contributed by atoms with Crippen molar-refractivity contribution in [2.24, 2.45) is 11.8 Å². The topological polar surface area (TPSA) is 29.5 Å². The van der Waals surface area contributed by atoms with Gasteiger partial charge in [-0.3, -0.25) is 4.21 Å². The van der Waals surface area contributed by atoms with Gasteiger partial charge >= 0.3 is 0 Å². The van der Waals surface area contributed by atoms with E-state index in [0.29, 0.717) is 5.92 Å². The average molecular weight is 324 g/mol. The molecule has 1 heterocycles. The molecule has 4 heteroatoms. The fourth-order valence-corrected chi connectivity index (χ4v) is 3.39. The van der Waals surface area contributed by atoms with Gasteiger partial charge in [-0.25, -0.2) is 0 Å². The van der Waals surface area contributed by atoms with E-state index in [-0.39, 0.29) is 0 Å². The number of hydrogen-bond acceptors (Lipinski definition) is 3. The second-order valence-corrected chi connectivity index (χ2v) is 8.11. The lowest BCUT2D eigenvalue weighted by molar-refractivity contribution is 0.126. The molecular weight excluding hydrogens is 294 g/mol. The maximum atomic E-state index is 11.4. The van der Waals surface area contributed by atoms with Gasteiger partial charge in [-0.1, -0.05) is 13.8 Å². The minimum atomic E-state index is -0.919. The van der Waals surface area contributed by atoms with Crippen LogP contribution in [0.5, 0.6) is 5.75 Å². The molecule has 1 aromatic rings. The largest absolute Gasteiger partial charge is 0.493 e. The van der Waals surface area contributed by atoms with Crippen LogP contribution in [0.4, 0.5) is 0 Å². The lowest BCUT2D eigenvalue weighted by Gasteiger charge is -2.33. The van der Waals surface area contributed by atoms with E-state index in [4.69, 9.17) is 4.74 Å². The number of nitrogens with zero attached hydrogens (tertiary/aromatic N) is 1. The normalized spacial score (nSPS) is 21.0. The summed E-state index contributed by atoms with van der Waals surface area (Å²) in [4.78, 5) is 3.44. The summed E-state index contributed by atoms with van der Waals surface area (Å²) in [6.45, 7) is 8.97. The molecule has 3 nitrogen and oxygen atoms in total. The molecule has 0 radical (unpaired) electrons. The number of ether oxygens (including phenoxy) is 1. The Bertz CT molecular complexity index is 472. The molecule has 0 N–H and O–H groups in total. The van der Waals surface area contributed by atoms with E-state index in [1.165, 1.54) is 32.4 Å². The quantitative estimate of drug-likeness (QED) is 0.768. The molecule has 2 rings (SSSR count). The highest BCUT2D eigenvalue weighted by Gasteiger charge is 2.20. The highest BCUT2D eigenvalue weighted by molar-refractivity contribution is 7.84. The van der Waals surface area contributed by atoms with Crippen LogP contribution in [-0.2, 0) is 10.8 Å². The van der Waals surface area contributed by atoms with Crippen LogP contribution in [-0.4, -0.2) is 41.6 Å². The van der Waals surface area contributed by atoms with Gasteiger partial charge in [0.15, 0.2) is 0 Å². The lowest BCUT2D eigenvalue weighted by Crippen LogP contribution is -2.38. The molecule has 2 unspecified atom stereocenters. The number of benzene rings is 1. The first-order chi connectivity index (χ1) is 10.5.